The average Bonchev–Trinajstić information content (AvgIpc) is 2.68. The third-order valence-electron chi connectivity index (χ3n) is 6.54. The third-order valence-corrected chi connectivity index (χ3v) is 6.54. The maximum Gasteiger partial charge on any atom is 0.573 e. The zero-order valence-electron chi connectivity index (χ0n) is 16.7. The van der Waals surface area contributed by atoms with Crippen molar-refractivity contribution in [2.24, 2.45) is 23.7 Å². The number of alkyl halides is 3. The molecule has 0 saturated heterocycles. The van der Waals surface area contributed by atoms with Crippen molar-refractivity contribution < 1.29 is 17.9 Å². The van der Waals surface area contributed by atoms with Crippen LogP contribution in [-0.2, 0) is 0 Å². The Morgan fingerprint density at radius 2 is 1.46 bits per heavy atom. The van der Waals surface area contributed by atoms with Gasteiger partial charge in [0.25, 0.3) is 0 Å². The largest absolute Gasteiger partial charge is 0.573 e. The van der Waals surface area contributed by atoms with Gasteiger partial charge in [-0.2, -0.15) is 0 Å². The molecular weight excluding hydrogens is 361 g/mol. The molecule has 28 heavy (non-hydrogen) atoms. The van der Waals surface area contributed by atoms with Crippen molar-refractivity contribution in [2.75, 3.05) is 0 Å². The van der Waals surface area contributed by atoms with Crippen molar-refractivity contribution in [3.05, 3.63) is 29.8 Å². The van der Waals surface area contributed by atoms with Gasteiger partial charge in [-0.25, -0.2) is 0 Å². The van der Waals surface area contributed by atoms with E-state index in [1.807, 2.05) is 0 Å². The zero-order valence-corrected chi connectivity index (χ0v) is 16.7. The Bertz CT molecular complexity index is 652. The summed E-state index contributed by atoms with van der Waals surface area (Å²) in [5.41, 5.74) is 0.742. The molecule has 0 heterocycles. The van der Waals surface area contributed by atoms with E-state index in [-0.39, 0.29) is 5.75 Å². The Hall–Kier alpha value is -1.63. The predicted octanol–water partition coefficient (Wildman–Crippen LogP) is 7.35. The maximum atomic E-state index is 12.2. The molecule has 0 spiro atoms. The van der Waals surface area contributed by atoms with Gasteiger partial charge in [-0.15, -0.1) is 13.2 Å². The van der Waals surface area contributed by atoms with Crippen LogP contribution in [0.25, 0.3) is 0 Å². The summed E-state index contributed by atoms with van der Waals surface area (Å²) in [7, 11) is 0. The molecule has 3 rings (SSSR count). The van der Waals surface area contributed by atoms with E-state index in [9.17, 15) is 13.2 Å². The van der Waals surface area contributed by atoms with Crippen LogP contribution >= 0.6 is 0 Å². The van der Waals surface area contributed by atoms with Crippen LogP contribution in [0.2, 0.25) is 0 Å². The number of ether oxygens (including phenoxy) is 1. The highest BCUT2D eigenvalue weighted by atomic mass is 19.4. The quantitative estimate of drug-likeness (QED) is 0.487. The Kier molecular flexibility index (Phi) is 7.32. The van der Waals surface area contributed by atoms with Crippen molar-refractivity contribution in [1.82, 2.24) is 0 Å². The molecule has 0 bridgehead atoms. The number of hydrogen-bond acceptors (Lipinski definition) is 1. The first kappa shape index (κ1) is 21.1. The summed E-state index contributed by atoms with van der Waals surface area (Å²) in [6.45, 7) is 2.29. The first-order valence-electron chi connectivity index (χ1n) is 10.8. The van der Waals surface area contributed by atoms with Crippen LogP contribution in [0.4, 0.5) is 13.2 Å². The molecule has 2 aliphatic carbocycles. The second-order valence-corrected chi connectivity index (χ2v) is 8.52. The minimum absolute atomic E-state index is 0.202. The fraction of sp³-hybridized carbons (Fsp3) is 0.667. The maximum absolute atomic E-state index is 12.2. The van der Waals surface area contributed by atoms with Gasteiger partial charge in [0.1, 0.15) is 5.75 Å². The van der Waals surface area contributed by atoms with E-state index in [1.54, 1.807) is 12.1 Å². The highest BCUT2D eigenvalue weighted by Crippen LogP contribution is 2.42. The van der Waals surface area contributed by atoms with Crippen LogP contribution in [0, 0.1) is 35.5 Å². The first-order chi connectivity index (χ1) is 13.4. The highest BCUT2D eigenvalue weighted by molar-refractivity contribution is 5.38. The smallest absolute Gasteiger partial charge is 0.406 e. The van der Waals surface area contributed by atoms with Crippen LogP contribution in [0.15, 0.2) is 24.3 Å². The van der Waals surface area contributed by atoms with Gasteiger partial charge in [0.05, 0.1) is 0 Å². The lowest BCUT2D eigenvalue weighted by atomic mass is 9.69. The minimum Gasteiger partial charge on any atom is -0.406 e. The third kappa shape index (κ3) is 6.47. The Morgan fingerprint density at radius 1 is 0.893 bits per heavy atom. The van der Waals surface area contributed by atoms with Crippen LogP contribution in [0.3, 0.4) is 0 Å². The number of rotatable bonds is 4. The number of halogens is 3. The van der Waals surface area contributed by atoms with E-state index in [0.717, 1.165) is 36.2 Å². The summed E-state index contributed by atoms with van der Waals surface area (Å²) in [5.74, 6) is 9.45. The molecule has 1 nitrogen and oxygen atoms in total. The van der Waals surface area contributed by atoms with Gasteiger partial charge in [-0.3, -0.25) is 0 Å². The number of hydrogen-bond donors (Lipinski definition) is 0. The van der Waals surface area contributed by atoms with Gasteiger partial charge in [0.15, 0.2) is 0 Å². The molecular formula is C24H31F3O. The Labute approximate surface area is 167 Å². The molecule has 1 aromatic rings. The van der Waals surface area contributed by atoms with Gasteiger partial charge < -0.3 is 4.74 Å². The average molecular weight is 393 g/mol. The van der Waals surface area contributed by atoms with Crippen molar-refractivity contribution in [1.29, 1.82) is 0 Å². The summed E-state index contributed by atoms with van der Waals surface area (Å²) < 4.78 is 40.5. The molecule has 1 aromatic carbocycles. The summed E-state index contributed by atoms with van der Waals surface area (Å²) in [4.78, 5) is 0. The normalized spacial score (nSPS) is 28.3. The summed E-state index contributed by atoms with van der Waals surface area (Å²) in [6.07, 6.45) is 8.61. The molecule has 4 heteroatoms. The minimum atomic E-state index is -4.65. The van der Waals surface area contributed by atoms with E-state index in [2.05, 4.69) is 23.5 Å². The standard InChI is InChI=1S/C24H31F3O/c1-2-3-18-6-12-21(13-7-18)22-14-8-19(9-15-22)4-5-20-10-16-23(17-11-20)28-24(25,26)27/h10-11,16-19,21-22H,2-3,6-9,12-15H2,1H3/t18-,19?,21-,22?. The molecule has 0 amide bonds. The molecule has 0 aromatic heterocycles. The molecule has 154 valence electrons. The predicted molar refractivity (Wildman–Crippen MR) is 106 cm³/mol. The van der Waals surface area contributed by atoms with Crippen molar-refractivity contribution in [3.63, 3.8) is 0 Å². The summed E-state index contributed by atoms with van der Waals surface area (Å²) >= 11 is 0. The fourth-order valence-corrected chi connectivity index (χ4v) is 5.02. The van der Waals surface area contributed by atoms with Gasteiger partial charge in [0.2, 0.25) is 0 Å². The van der Waals surface area contributed by atoms with Crippen molar-refractivity contribution in [3.8, 4) is 17.6 Å². The number of benzene rings is 1. The lowest BCUT2D eigenvalue weighted by Crippen LogP contribution is -2.25. The van der Waals surface area contributed by atoms with Crippen LogP contribution in [0.1, 0.15) is 76.7 Å². The molecule has 2 saturated carbocycles. The Morgan fingerprint density at radius 3 is 2.00 bits per heavy atom. The molecule has 2 fully saturated rings. The fourth-order valence-electron chi connectivity index (χ4n) is 5.02. The Balaban J connectivity index is 1.44. The van der Waals surface area contributed by atoms with E-state index < -0.39 is 6.36 Å². The van der Waals surface area contributed by atoms with E-state index in [0.29, 0.717) is 5.92 Å². The van der Waals surface area contributed by atoms with Crippen LogP contribution < -0.4 is 4.74 Å². The summed E-state index contributed by atoms with van der Waals surface area (Å²) in [5, 5.41) is 0. The molecule has 0 unspecified atom stereocenters. The summed E-state index contributed by atoms with van der Waals surface area (Å²) in [6, 6.07) is 5.83. The van der Waals surface area contributed by atoms with Gasteiger partial charge in [0, 0.05) is 11.5 Å². The second-order valence-electron chi connectivity index (χ2n) is 8.52. The zero-order chi connectivity index (χ0) is 20.0. The van der Waals surface area contributed by atoms with Gasteiger partial charge in [-0.05, 0) is 80.5 Å². The van der Waals surface area contributed by atoms with Crippen LogP contribution in [0.5, 0.6) is 5.75 Å². The first-order valence-corrected chi connectivity index (χ1v) is 10.8. The van der Waals surface area contributed by atoms with Crippen molar-refractivity contribution >= 4 is 0 Å². The second kappa shape index (κ2) is 9.72. The molecule has 0 aliphatic heterocycles. The topological polar surface area (TPSA) is 9.23 Å². The van der Waals surface area contributed by atoms with E-state index in [1.165, 1.54) is 63.5 Å². The van der Waals surface area contributed by atoms with Gasteiger partial charge >= 0.3 is 6.36 Å². The molecule has 2 aliphatic rings. The van der Waals surface area contributed by atoms with Gasteiger partial charge in [-0.1, -0.05) is 44.4 Å². The van der Waals surface area contributed by atoms with E-state index >= 15 is 0 Å². The highest BCUT2D eigenvalue weighted by Gasteiger charge is 2.31. The van der Waals surface area contributed by atoms with E-state index in [4.69, 9.17) is 0 Å². The lowest BCUT2D eigenvalue weighted by molar-refractivity contribution is -0.274. The van der Waals surface area contributed by atoms with Crippen molar-refractivity contribution in [2.45, 2.75) is 77.5 Å². The lowest BCUT2D eigenvalue weighted by Gasteiger charge is -2.37. The molecule has 0 atom stereocenters. The molecule has 0 radical (unpaired) electrons. The molecule has 0 N–H and O–H groups in total. The SMILES string of the molecule is CCC[C@H]1CC[C@H](C2CCC(C#Cc3ccc(OC(F)(F)F)cc3)CC2)CC1. The monoisotopic (exact) mass is 392 g/mol. The van der Waals surface area contributed by atoms with Crippen LogP contribution in [-0.4, -0.2) is 6.36 Å².